The molecule has 3 heterocycles. The molecule has 0 saturated heterocycles. The van der Waals surface area contributed by atoms with E-state index in [-0.39, 0.29) is 11.1 Å². The summed E-state index contributed by atoms with van der Waals surface area (Å²) in [5, 5.41) is 0.782. The zero-order chi connectivity index (χ0) is 21.9. The van der Waals surface area contributed by atoms with E-state index in [1.54, 1.807) is 6.07 Å². The lowest BCUT2D eigenvalue weighted by atomic mass is 9.95. The lowest BCUT2D eigenvalue weighted by Crippen LogP contribution is -2.31. The minimum atomic E-state index is -0.898. The van der Waals surface area contributed by atoms with Gasteiger partial charge >= 0.3 is 0 Å². The van der Waals surface area contributed by atoms with Crippen molar-refractivity contribution in [2.75, 3.05) is 0 Å². The summed E-state index contributed by atoms with van der Waals surface area (Å²) >= 11 is 0. The molecule has 0 aliphatic rings. The molecular formula is C26H21F2N2O+. The molecule has 0 unspecified atom stereocenters. The summed E-state index contributed by atoms with van der Waals surface area (Å²) in [6.07, 6.45) is 2.07. The summed E-state index contributed by atoms with van der Waals surface area (Å²) < 4.78 is 36.2. The number of hydrogen-bond donors (Lipinski definition) is 0. The van der Waals surface area contributed by atoms with E-state index in [0.717, 1.165) is 39.6 Å². The number of rotatable bonds is 2. The highest BCUT2D eigenvalue weighted by molar-refractivity contribution is 6.09. The van der Waals surface area contributed by atoms with Crippen molar-refractivity contribution in [3.63, 3.8) is 0 Å². The van der Waals surface area contributed by atoms with Gasteiger partial charge in [-0.3, -0.25) is 0 Å². The van der Waals surface area contributed by atoms with Gasteiger partial charge in [0.25, 0.3) is 0 Å². The largest absolute Gasteiger partial charge is 0.437 e. The molecule has 154 valence electrons. The summed E-state index contributed by atoms with van der Waals surface area (Å²) in [6, 6.07) is 15.1. The first-order valence-corrected chi connectivity index (χ1v) is 10.1. The predicted molar refractivity (Wildman–Crippen MR) is 118 cm³/mol. The second kappa shape index (κ2) is 6.98. The van der Waals surface area contributed by atoms with E-state index in [2.05, 4.69) is 55.4 Å². The molecule has 0 spiro atoms. The molecule has 0 radical (unpaired) electrons. The summed E-state index contributed by atoms with van der Waals surface area (Å²) in [5.41, 5.74) is 7.77. The number of furan rings is 1. The first-order valence-electron chi connectivity index (χ1n) is 10.1. The van der Waals surface area contributed by atoms with Gasteiger partial charge in [-0.25, -0.2) is 8.96 Å². The maximum absolute atomic E-state index is 14.6. The molecule has 0 aliphatic heterocycles. The van der Waals surface area contributed by atoms with Gasteiger partial charge in [-0.05, 0) is 37.5 Å². The fraction of sp³-hybridized carbons (Fsp3) is 0.154. The minimum absolute atomic E-state index is 0.0344. The average Bonchev–Trinajstić information content (AvgIpc) is 3.08. The first kappa shape index (κ1) is 19.4. The molecule has 2 aromatic carbocycles. The third kappa shape index (κ3) is 3.08. The molecule has 5 aromatic rings. The van der Waals surface area contributed by atoms with Crippen LogP contribution in [0.15, 0.2) is 59.1 Å². The van der Waals surface area contributed by atoms with Crippen molar-refractivity contribution in [3.8, 4) is 22.4 Å². The van der Waals surface area contributed by atoms with Gasteiger partial charge in [0.05, 0.1) is 10.9 Å². The molecule has 0 aliphatic carbocycles. The van der Waals surface area contributed by atoms with Crippen molar-refractivity contribution in [3.05, 3.63) is 83.2 Å². The Morgan fingerprint density at radius 2 is 1.65 bits per heavy atom. The number of benzene rings is 2. The molecule has 3 nitrogen and oxygen atoms in total. The number of hydrogen-bond acceptors (Lipinski definition) is 2. The Kier molecular flexibility index (Phi) is 4.36. The van der Waals surface area contributed by atoms with E-state index < -0.39 is 11.8 Å². The van der Waals surface area contributed by atoms with Crippen LogP contribution in [0.25, 0.3) is 44.5 Å². The SMILES string of the molecule is Cc1ccc(-c2cc(-c3c(C)ccc4c3oc3nc(F)cc(F)c34)[n+](C)cc2C)cc1. The highest BCUT2D eigenvalue weighted by atomic mass is 19.1. The second-order valence-electron chi connectivity index (χ2n) is 8.08. The van der Waals surface area contributed by atoms with Crippen molar-refractivity contribution in [1.29, 1.82) is 0 Å². The fourth-order valence-corrected chi connectivity index (χ4v) is 4.26. The lowest BCUT2D eigenvalue weighted by molar-refractivity contribution is -0.660. The van der Waals surface area contributed by atoms with Gasteiger partial charge in [-0.2, -0.15) is 9.37 Å². The van der Waals surface area contributed by atoms with Gasteiger partial charge in [-0.1, -0.05) is 42.0 Å². The van der Waals surface area contributed by atoms with Crippen LogP contribution in [0.3, 0.4) is 0 Å². The molecule has 0 bridgehead atoms. The Bertz CT molecular complexity index is 1480. The Hall–Kier alpha value is -3.60. The van der Waals surface area contributed by atoms with Gasteiger partial charge in [0.15, 0.2) is 11.8 Å². The lowest BCUT2D eigenvalue weighted by Gasteiger charge is -2.10. The minimum Gasteiger partial charge on any atom is -0.437 e. The quantitative estimate of drug-likeness (QED) is 0.249. The molecule has 0 amide bonds. The smallest absolute Gasteiger partial charge is 0.232 e. The standard InChI is InChI=1S/C26H21F2N2O/c1-14-5-8-17(9-6-14)19-11-21(30(4)13-16(19)3)23-15(2)7-10-18-24-20(27)12-22(28)29-26(24)31-25(18)23/h5-13H,1-4H3/q+1. The van der Waals surface area contributed by atoms with Crippen molar-refractivity contribution in [2.45, 2.75) is 20.8 Å². The van der Waals surface area contributed by atoms with E-state index in [1.165, 1.54) is 5.56 Å². The Labute approximate surface area is 178 Å². The van der Waals surface area contributed by atoms with E-state index in [9.17, 15) is 8.78 Å². The summed E-state index contributed by atoms with van der Waals surface area (Å²) in [7, 11) is 1.97. The normalized spacial score (nSPS) is 11.5. The molecule has 5 heteroatoms. The monoisotopic (exact) mass is 415 g/mol. The fourth-order valence-electron chi connectivity index (χ4n) is 4.26. The maximum Gasteiger partial charge on any atom is 0.232 e. The number of aryl methyl sites for hydroxylation is 4. The van der Waals surface area contributed by atoms with E-state index >= 15 is 0 Å². The summed E-state index contributed by atoms with van der Waals surface area (Å²) in [5.74, 6) is -1.57. The zero-order valence-electron chi connectivity index (χ0n) is 17.8. The van der Waals surface area contributed by atoms with E-state index in [1.807, 2.05) is 24.6 Å². The first-order chi connectivity index (χ1) is 14.8. The average molecular weight is 415 g/mol. The molecular weight excluding hydrogens is 394 g/mol. The topological polar surface area (TPSA) is 29.9 Å². The van der Waals surface area contributed by atoms with Crippen LogP contribution in [-0.4, -0.2) is 4.98 Å². The van der Waals surface area contributed by atoms with Crippen molar-refractivity contribution in [1.82, 2.24) is 4.98 Å². The number of fused-ring (bicyclic) bond motifs is 3. The van der Waals surface area contributed by atoms with Gasteiger partial charge in [0.2, 0.25) is 17.4 Å². The Balaban J connectivity index is 1.83. The molecule has 0 atom stereocenters. The maximum atomic E-state index is 14.6. The third-order valence-corrected chi connectivity index (χ3v) is 5.83. The van der Waals surface area contributed by atoms with Crippen LogP contribution >= 0.6 is 0 Å². The summed E-state index contributed by atoms with van der Waals surface area (Å²) in [6.45, 7) is 6.13. The molecule has 0 fully saturated rings. The Morgan fingerprint density at radius 1 is 0.903 bits per heavy atom. The number of aromatic nitrogens is 2. The molecule has 31 heavy (non-hydrogen) atoms. The summed E-state index contributed by atoms with van der Waals surface area (Å²) in [4.78, 5) is 3.77. The molecule has 5 rings (SSSR count). The van der Waals surface area contributed by atoms with Crippen molar-refractivity contribution < 1.29 is 17.8 Å². The van der Waals surface area contributed by atoms with Gasteiger partial charge < -0.3 is 4.42 Å². The number of pyridine rings is 2. The zero-order valence-corrected chi connectivity index (χ0v) is 17.8. The number of halogens is 2. The Morgan fingerprint density at radius 3 is 2.39 bits per heavy atom. The van der Waals surface area contributed by atoms with Crippen LogP contribution in [0.1, 0.15) is 16.7 Å². The van der Waals surface area contributed by atoms with Crippen LogP contribution in [-0.2, 0) is 7.05 Å². The van der Waals surface area contributed by atoms with Crippen LogP contribution in [0, 0.1) is 32.5 Å². The van der Waals surface area contributed by atoms with Gasteiger partial charge in [0.1, 0.15) is 12.9 Å². The van der Waals surface area contributed by atoms with E-state index in [0.29, 0.717) is 11.0 Å². The van der Waals surface area contributed by atoms with Crippen LogP contribution in [0.4, 0.5) is 8.78 Å². The van der Waals surface area contributed by atoms with Gasteiger partial charge in [-0.15, -0.1) is 0 Å². The highest BCUT2D eigenvalue weighted by Gasteiger charge is 2.24. The highest BCUT2D eigenvalue weighted by Crippen LogP contribution is 2.38. The van der Waals surface area contributed by atoms with Crippen LogP contribution in [0.5, 0.6) is 0 Å². The number of nitrogens with zero attached hydrogens (tertiary/aromatic N) is 2. The van der Waals surface area contributed by atoms with Crippen molar-refractivity contribution >= 4 is 22.1 Å². The third-order valence-electron chi connectivity index (χ3n) is 5.83. The molecule has 3 aromatic heterocycles. The molecule has 0 N–H and O–H groups in total. The molecule has 0 saturated carbocycles. The van der Waals surface area contributed by atoms with Crippen molar-refractivity contribution in [2.24, 2.45) is 7.05 Å². The van der Waals surface area contributed by atoms with Crippen LogP contribution < -0.4 is 4.57 Å². The van der Waals surface area contributed by atoms with Gasteiger partial charge in [0, 0.05) is 23.1 Å². The van der Waals surface area contributed by atoms with Crippen LogP contribution in [0.2, 0.25) is 0 Å². The van der Waals surface area contributed by atoms with E-state index in [4.69, 9.17) is 4.42 Å². The second-order valence-corrected chi connectivity index (χ2v) is 8.08. The predicted octanol–water partition coefficient (Wildman–Crippen LogP) is 6.34.